The molecule has 1 heterocycles. The monoisotopic (exact) mass is 335 g/mol. The van der Waals surface area contributed by atoms with E-state index in [1.165, 1.54) is 5.56 Å². The molecule has 0 fully saturated rings. The molecule has 1 amide bonds. The highest BCUT2D eigenvalue weighted by atomic mass is 16.5. The van der Waals surface area contributed by atoms with E-state index in [0.29, 0.717) is 12.2 Å². The van der Waals surface area contributed by atoms with Gasteiger partial charge in [-0.05, 0) is 35.7 Å². The van der Waals surface area contributed by atoms with Crippen LogP contribution in [0.25, 0.3) is 0 Å². The van der Waals surface area contributed by atoms with Crippen molar-refractivity contribution in [3.63, 3.8) is 0 Å². The first-order chi connectivity index (χ1) is 12.2. The van der Waals surface area contributed by atoms with Gasteiger partial charge in [0.15, 0.2) is 0 Å². The third-order valence-electron chi connectivity index (χ3n) is 4.03. The van der Waals surface area contributed by atoms with Crippen LogP contribution in [0.4, 0.5) is 0 Å². The number of amides is 1. The molecule has 3 rings (SSSR count). The van der Waals surface area contributed by atoms with Crippen LogP contribution in [0.15, 0.2) is 54.6 Å². The average molecular weight is 335 g/mol. The van der Waals surface area contributed by atoms with Crippen LogP contribution < -0.4 is 10.1 Å². The van der Waals surface area contributed by atoms with Gasteiger partial charge in [0.05, 0.1) is 7.11 Å². The normalized spacial score (nSPS) is 10.5. The van der Waals surface area contributed by atoms with Crippen molar-refractivity contribution in [2.24, 2.45) is 0 Å². The molecule has 0 aliphatic carbocycles. The zero-order valence-corrected chi connectivity index (χ0v) is 14.4. The van der Waals surface area contributed by atoms with E-state index in [1.54, 1.807) is 13.2 Å². The number of aromatic nitrogens is 2. The Kier molecular flexibility index (Phi) is 5.14. The van der Waals surface area contributed by atoms with Crippen molar-refractivity contribution in [3.05, 3.63) is 82.7 Å². The van der Waals surface area contributed by atoms with E-state index in [9.17, 15) is 4.79 Å². The van der Waals surface area contributed by atoms with Crippen molar-refractivity contribution < 1.29 is 9.53 Å². The lowest BCUT2D eigenvalue weighted by Crippen LogP contribution is -2.23. The van der Waals surface area contributed by atoms with Gasteiger partial charge in [0.2, 0.25) is 0 Å². The Morgan fingerprint density at radius 3 is 2.68 bits per heavy atom. The highest BCUT2D eigenvalue weighted by Gasteiger charge is 2.11. The number of hydrogen-bond acceptors (Lipinski definition) is 3. The van der Waals surface area contributed by atoms with Crippen molar-refractivity contribution in [1.82, 2.24) is 15.5 Å². The van der Waals surface area contributed by atoms with Gasteiger partial charge in [-0.1, -0.05) is 42.5 Å². The number of methoxy groups -OCH3 is 1. The van der Waals surface area contributed by atoms with Gasteiger partial charge in [-0.25, -0.2) is 0 Å². The molecule has 0 radical (unpaired) electrons. The Labute approximate surface area is 147 Å². The fourth-order valence-corrected chi connectivity index (χ4v) is 2.63. The van der Waals surface area contributed by atoms with E-state index in [-0.39, 0.29) is 5.91 Å². The lowest BCUT2D eigenvalue weighted by atomic mass is 10.1. The van der Waals surface area contributed by atoms with E-state index in [0.717, 1.165) is 29.0 Å². The van der Waals surface area contributed by atoms with E-state index in [1.807, 2.05) is 55.5 Å². The van der Waals surface area contributed by atoms with Crippen LogP contribution in [0, 0.1) is 6.92 Å². The molecule has 1 aromatic heterocycles. The van der Waals surface area contributed by atoms with Crippen LogP contribution in [-0.2, 0) is 13.0 Å². The number of benzene rings is 2. The maximum absolute atomic E-state index is 12.3. The highest BCUT2D eigenvalue weighted by molar-refractivity contribution is 5.92. The molecular formula is C20H21N3O2. The summed E-state index contributed by atoms with van der Waals surface area (Å²) in [5, 5.41) is 9.93. The summed E-state index contributed by atoms with van der Waals surface area (Å²) in [7, 11) is 1.64. The molecule has 5 heteroatoms. The van der Waals surface area contributed by atoms with Gasteiger partial charge in [0, 0.05) is 18.7 Å². The van der Waals surface area contributed by atoms with E-state index in [4.69, 9.17) is 4.74 Å². The molecule has 0 bridgehead atoms. The molecule has 0 spiro atoms. The largest absolute Gasteiger partial charge is 0.496 e. The second-order valence-corrected chi connectivity index (χ2v) is 5.93. The van der Waals surface area contributed by atoms with Crippen LogP contribution in [-0.4, -0.2) is 23.2 Å². The fourth-order valence-electron chi connectivity index (χ4n) is 2.63. The molecule has 25 heavy (non-hydrogen) atoms. The number of nitrogens with one attached hydrogen (secondary N) is 2. The number of aromatic amines is 1. The van der Waals surface area contributed by atoms with Crippen LogP contribution >= 0.6 is 0 Å². The number of rotatable bonds is 6. The molecular weight excluding hydrogens is 314 g/mol. The third-order valence-corrected chi connectivity index (χ3v) is 4.03. The van der Waals surface area contributed by atoms with Crippen molar-refractivity contribution in [2.75, 3.05) is 7.11 Å². The van der Waals surface area contributed by atoms with Crippen molar-refractivity contribution in [2.45, 2.75) is 19.9 Å². The standard InChI is InChI=1S/C20H21N3O2/c1-14-8-9-16(11-19(14)25-2)13-21-20(24)18-12-17(22-23-18)10-15-6-4-3-5-7-15/h3-9,11-12H,10,13H2,1-2H3,(H,21,24)(H,22,23). The zero-order chi connectivity index (χ0) is 17.6. The van der Waals surface area contributed by atoms with E-state index >= 15 is 0 Å². The summed E-state index contributed by atoms with van der Waals surface area (Å²) in [6.45, 7) is 2.41. The summed E-state index contributed by atoms with van der Waals surface area (Å²) < 4.78 is 5.31. The first kappa shape index (κ1) is 16.8. The van der Waals surface area contributed by atoms with Crippen molar-refractivity contribution in [1.29, 1.82) is 0 Å². The van der Waals surface area contributed by atoms with Gasteiger partial charge in [0.25, 0.3) is 5.91 Å². The number of aryl methyl sites for hydroxylation is 1. The van der Waals surface area contributed by atoms with Gasteiger partial charge in [-0.15, -0.1) is 0 Å². The summed E-state index contributed by atoms with van der Waals surface area (Å²) in [4.78, 5) is 12.3. The lowest BCUT2D eigenvalue weighted by Gasteiger charge is -2.08. The molecule has 0 aliphatic heterocycles. The quantitative estimate of drug-likeness (QED) is 0.727. The first-order valence-corrected chi connectivity index (χ1v) is 8.15. The van der Waals surface area contributed by atoms with Crippen LogP contribution in [0.3, 0.4) is 0 Å². The topological polar surface area (TPSA) is 67.0 Å². The number of ether oxygens (including phenoxy) is 1. The highest BCUT2D eigenvalue weighted by Crippen LogP contribution is 2.18. The number of carbonyl (C=O) groups is 1. The van der Waals surface area contributed by atoms with Gasteiger partial charge in [-0.3, -0.25) is 9.89 Å². The molecule has 0 aliphatic rings. The molecule has 2 N–H and O–H groups in total. The molecule has 128 valence electrons. The summed E-state index contributed by atoms with van der Waals surface area (Å²) in [6, 6.07) is 17.7. The zero-order valence-electron chi connectivity index (χ0n) is 14.4. The second-order valence-electron chi connectivity index (χ2n) is 5.93. The van der Waals surface area contributed by atoms with Gasteiger partial charge in [-0.2, -0.15) is 5.10 Å². The van der Waals surface area contributed by atoms with Crippen LogP contribution in [0.2, 0.25) is 0 Å². The Morgan fingerprint density at radius 2 is 1.92 bits per heavy atom. The number of H-pyrrole nitrogens is 1. The van der Waals surface area contributed by atoms with Crippen LogP contribution in [0.5, 0.6) is 5.75 Å². The maximum atomic E-state index is 12.3. The minimum Gasteiger partial charge on any atom is -0.496 e. The average Bonchev–Trinajstić information content (AvgIpc) is 3.10. The minimum atomic E-state index is -0.199. The molecule has 0 saturated carbocycles. The molecule has 2 aromatic carbocycles. The Balaban J connectivity index is 1.60. The predicted octanol–water partition coefficient (Wildman–Crippen LogP) is 3.25. The Bertz CT molecular complexity index is 856. The predicted molar refractivity (Wildman–Crippen MR) is 96.7 cm³/mol. The van der Waals surface area contributed by atoms with Gasteiger partial charge in [0.1, 0.15) is 11.4 Å². The minimum absolute atomic E-state index is 0.199. The Morgan fingerprint density at radius 1 is 1.12 bits per heavy atom. The van der Waals surface area contributed by atoms with Gasteiger partial charge >= 0.3 is 0 Å². The SMILES string of the molecule is COc1cc(CNC(=O)c2cc(Cc3ccccc3)[nH]n2)ccc1C. The summed E-state index contributed by atoms with van der Waals surface area (Å²) in [5.74, 6) is 0.617. The molecule has 0 saturated heterocycles. The second kappa shape index (κ2) is 7.66. The van der Waals surface area contributed by atoms with Gasteiger partial charge < -0.3 is 10.1 Å². The molecule has 5 nitrogen and oxygen atoms in total. The first-order valence-electron chi connectivity index (χ1n) is 8.15. The summed E-state index contributed by atoms with van der Waals surface area (Å²) in [5.41, 5.74) is 4.52. The van der Waals surface area contributed by atoms with Crippen molar-refractivity contribution in [3.8, 4) is 5.75 Å². The summed E-state index contributed by atoms with van der Waals surface area (Å²) in [6.07, 6.45) is 0.719. The lowest BCUT2D eigenvalue weighted by molar-refractivity contribution is 0.0946. The van der Waals surface area contributed by atoms with E-state index < -0.39 is 0 Å². The third kappa shape index (κ3) is 4.26. The number of carbonyl (C=O) groups excluding carboxylic acids is 1. The fraction of sp³-hybridized carbons (Fsp3) is 0.200. The van der Waals surface area contributed by atoms with Crippen LogP contribution in [0.1, 0.15) is 32.9 Å². The summed E-state index contributed by atoms with van der Waals surface area (Å²) >= 11 is 0. The molecule has 3 aromatic rings. The Hall–Kier alpha value is -3.08. The van der Waals surface area contributed by atoms with E-state index in [2.05, 4.69) is 15.5 Å². The molecule has 0 unspecified atom stereocenters. The number of nitrogens with zero attached hydrogens (tertiary/aromatic N) is 1. The molecule has 0 atom stereocenters. The number of hydrogen-bond donors (Lipinski definition) is 2. The van der Waals surface area contributed by atoms with Crippen molar-refractivity contribution >= 4 is 5.91 Å². The maximum Gasteiger partial charge on any atom is 0.272 e. The smallest absolute Gasteiger partial charge is 0.272 e.